The van der Waals surface area contributed by atoms with E-state index in [0.29, 0.717) is 12.3 Å². The second kappa shape index (κ2) is 6.73. The number of hydrogen-bond donors (Lipinski definition) is 2. The van der Waals surface area contributed by atoms with Gasteiger partial charge < -0.3 is 11.1 Å². The lowest BCUT2D eigenvalue weighted by atomic mass is 9.99. The fourth-order valence-electron chi connectivity index (χ4n) is 2.70. The Morgan fingerprint density at radius 2 is 2.37 bits per heavy atom. The van der Waals surface area contributed by atoms with Gasteiger partial charge in [-0.05, 0) is 37.3 Å². The third kappa shape index (κ3) is 3.94. The molecule has 0 spiro atoms. The molecule has 0 aliphatic heterocycles. The number of halogens is 1. The zero-order valence-corrected chi connectivity index (χ0v) is 12.8. The molecule has 0 bridgehead atoms. The van der Waals surface area contributed by atoms with E-state index >= 15 is 0 Å². The van der Waals surface area contributed by atoms with Gasteiger partial charge in [0, 0.05) is 17.3 Å². The molecule has 1 fully saturated rings. The Hall–Kier alpha value is -0.580. The lowest BCUT2D eigenvalue weighted by Gasteiger charge is -2.19. The fraction of sp³-hybridized carbons (Fsp3) is 0.643. The summed E-state index contributed by atoms with van der Waals surface area (Å²) < 4.78 is 0.764. The van der Waals surface area contributed by atoms with Gasteiger partial charge in [-0.15, -0.1) is 11.3 Å². The van der Waals surface area contributed by atoms with Gasteiger partial charge in [-0.3, -0.25) is 4.79 Å². The second-order valence-electron chi connectivity index (χ2n) is 5.23. The smallest absolute Gasteiger partial charge is 0.220 e. The molecular formula is C14H21ClN2OS. The molecule has 19 heavy (non-hydrogen) atoms. The van der Waals surface area contributed by atoms with Crippen LogP contribution in [0.3, 0.4) is 0 Å². The van der Waals surface area contributed by atoms with Gasteiger partial charge in [-0.2, -0.15) is 0 Å². The molecule has 2 rings (SSSR count). The van der Waals surface area contributed by atoms with E-state index in [1.165, 1.54) is 11.3 Å². The van der Waals surface area contributed by atoms with Crippen molar-refractivity contribution >= 4 is 28.8 Å². The summed E-state index contributed by atoms with van der Waals surface area (Å²) >= 11 is 7.48. The first-order valence-corrected chi connectivity index (χ1v) is 8.09. The van der Waals surface area contributed by atoms with Crippen molar-refractivity contribution in [2.45, 2.75) is 51.1 Å². The molecule has 1 amide bonds. The Morgan fingerprint density at radius 1 is 1.58 bits per heavy atom. The second-order valence-corrected chi connectivity index (χ2v) is 6.98. The largest absolute Gasteiger partial charge is 0.348 e. The lowest BCUT2D eigenvalue weighted by Crippen LogP contribution is -2.33. The van der Waals surface area contributed by atoms with Crippen LogP contribution in [0.25, 0.3) is 0 Å². The number of carbonyl (C=O) groups excluding carboxylic acids is 1. The van der Waals surface area contributed by atoms with Gasteiger partial charge in [0.25, 0.3) is 0 Å². The standard InChI is InChI=1S/C14H21ClN2OS/c1-2-11(12-6-7-13(15)19-12)17-14(18)8-9-4-3-5-10(9)16/h6-7,9-11H,2-5,8,16H2,1H3,(H,17,18)/t9-,10+,11?/m0/s1. The Bertz CT molecular complexity index is 435. The molecule has 3 atom stereocenters. The van der Waals surface area contributed by atoms with E-state index in [4.69, 9.17) is 17.3 Å². The van der Waals surface area contributed by atoms with E-state index in [9.17, 15) is 4.79 Å². The number of amides is 1. The summed E-state index contributed by atoms with van der Waals surface area (Å²) in [4.78, 5) is 13.2. The first-order chi connectivity index (χ1) is 9.10. The van der Waals surface area contributed by atoms with Gasteiger partial charge in [-0.25, -0.2) is 0 Å². The van der Waals surface area contributed by atoms with Crippen LogP contribution in [0.5, 0.6) is 0 Å². The number of thiophene rings is 1. The molecule has 0 radical (unpaired) electrons. The quantitative estimate of drug-likeness (QED) is 0.874. The van der Waals surface area contributed by atoms with Crippen LogP contribution in [-0.4, -0.2) is 11.9 Å². The maximum Gasteiger partial charge on any atom is 0.220 e. The van der Waals surface area contributed by atoms with Crippen LogP contribution in [0.4, 0.5) is 0 Å². The third-order valence-corrected chi connectivity index (χ3v) is 5.19. The van der Waals surface area contributed by atoms with Crippen molar-refractivity contribution in [1.82, 2.24) is 5.32 Å². The Kier molecular flexibility index (Phi) is 5.25. The van der Waals surface area contributed by atoms with E-state index in [0.717, 1.165) is 34.9 Å². The summed E-state index contributed by atoms with van der Waals surface area (Å²) in [6.07, 6.45) is 4.71. The summed E-state index contributed by atoms with van der Waals surface area (Å²) in [6.45, 7) is 2.07. The van der Waals surface area contributed by atoms with Crippen molar-refractivity contribution < 1.29 is 4.79 Å². The molecule has 1 heterocycles. The van der Waals surface area contributed by atoms with Crippen LogP contribution in [0.2, 0.25) is 4.34 Å². The maximum absolute atomic E-state index is 12.1. The minimum Gasteiger partial charge on any atom is -0.348 e. The van der Waals surface area contributed by atoms with Gasteiger partial charge in [0.15, 0.2) is 0 Å². The molecule has 3 nitrogen and oxygen atoms in total. The first kappa shape index (κ1) is 14.8. The van der Waals surface area contributed by atoms with Crippen LogP contribution >= 0.6 is 22.9 Å². The summed E-state index contributed by atoms with van der Waals surface area (Å²) in [5, 5.41) is 3.10. The van der Waals surface area contributed by atoms with Crippen LogP contribution in [0.15, 0.2) is 12.1 Å². The summed E-state index contributed by atoms with van der Waals surface area (Å²) in [6, 6.07) is 4.14. The highest BCUT2D eigenvalue weighted by atomic mass is 35.5. The lowest BCUT2D eigenvalue weighted by molar-refractivity contribution is -0.122. The molecule has 1 aliphatic carbocycles. The number of carbonyl (C=O) groups is 1. The van der Waals surface area contributed by atoms with Crippen molar-refractivity contribution in [1.29, 1.82) is 0 Å². The predicted octanol–water partition coefficient (Wildman–Crippen LogP) is 3.49. The molecular weight excluding hydrogens is 280 g/mol. The molecule has 1 saturated carbocycles. The fourth-order valence-corrected chi connectivity index (χ4v) is 3.90. The Balaban J connectivity index is 1.89. The minimum absolute atomic E-state index is 0.0719. The monoisotopic (exact) mass is 300 g/mol. The highest BCUT2D eigenvalue weighted by molar-refractivity contribution is 7.16. The van der Waals surface area contributed by atoms with Gasteiger partial charge in [0.05, 0.1) is 10.4 Å². The average Bonchev–Trinajstić information content (AvgIpc) is 2.96. The van der Waals surface area contributed by atoms with Gasteiger partial charge in [0.1, 0.15) is 0 Å². The van der Waals surface area contributed by atoms with Crippen molar-refractivity contribution in [2.24, 2.45) is 11.7 Å². The zero-order chi connectivity index (χ0) is 13.8. The number of rotatable bonds is 5. The van der Waals surface area contributed by atoms with Gasteiger partial charge >= 0.3 is 0 Å². The molecule has 5 heteroatoms. The zero-order valence-electron chi connectivity index (χ0n) is 11.2. The van der Waals surface area contributed by atoms with Gasteiger partial charge in [0.2, 0.25) is 5.91 Å². The number of hydrogen-bond acceptors (Lipinski definition) is 3. The Labute approximate surface area is 123 Å². The Morgan fingerprint density at radius 3 is 2.89 bits per heavy atom. The predicted molar refractivity (Wildman–Crippen MR) is 80.4 cm³/mol. The molecule has 0 aromatic carbocycles. The van der Waals surface area contributed by atoms with Crippen LogP contribution in [-0.2, 0) is 4.79 Å². The van der Waals surface area contributed by atoms with Crippen molar-refractivity contribution in [2.75, 3.05) is 0 Å². The van der Waals surface area contributed by atoms with Crippen molar-refractivity contribution in [3.63, 3.8) is 0 Å². The molecule has 106 valence electrons. The normalized spacial score (nSPS) is 24.4. The van der Waals surface area contributed by atoms with E-state index in [2.05, 4.69) is 12.2 Å². The number of nitrogens with one attached hydrogen (secondary N) is 1. The van der Waals surface area contributed by atoms with Crippen LogP contribution in [0.1, 0.15) is 49.9 Å². The van der Waals surface area contributed by atoms with Crippen LogP contribution < -0.4 is 11.1 Å². The van der Waals surface area contributed by atoms with Crippen LogP contribution in [0, 0.1) is 5.92 Å². The van der Waals surface area contributed by atoms with E-state index in [1.54, 1.807) is 0 Å². The number of nitrogens with two attached hydrogens (primary N) is 1. The summed E-state index contributed by atoms with van der Waals surface area (Å²) in [5.41, 5.74) is 6.01. The highest BCUT2D eigenvalue weighted by Gasteiger charge is 2.26. The molecule has 3 N–H and O–H groups in total. The molecule has 1 aromatic rings. The van der Waals surface area contributed by atoms with E-state index < -0.39 is 0 Å². The molecule has 0 saturated heterocycles. The molecule has 1 aromatic heterocycles. The van der Waals surface area contributed by atoms with E-state index in [-0.39, 0.29) is 18.0 Å². The molecule has 1 unspecified atom stereocenters. The van der Waals surface area contributed by atoms with Crippen molar-refractivity contribution in [3.05, 3.63) is 21.3 Å². The maximum atomic E-state index is 12.1. The third-order valence-electron chi connectivity index (χ3n) is 3.85. The topological polar surface area (TPSA) is 55.1 Å². The van der Waals surface area contributed by atoms with Gasteiger partial charge in [-0.1, -0.05) is 24.9 Å². The minimum atomic E-state index is 0.0719. The van der Waals surface area contributed by atoms with E-state index in [1.807, 2.05) is 12.1 Å². The highest BCUT2D eigenvalue weighted by Crippen LogP contribution is 2.30. The van der Waals surface area contributed by atoms with Crippen molar-refractivity contribution in [3.8, 4) is 0 Å². The summed E-state index contributed by atoms with van der Waals surface area (Å²) in [5.74, 6) is 0.461. The molecule has 1 aliphatic rings. The first-order valence-electron chi connectivity index (χ1n) is 6.90. The average molecular weight is 301 g/mol. The SMILES string of the molecule is CCC(NC(=O)C[C@@H]1CCC[C@H]1N)c1ccc(Cl)s1. The summed E-state index contributed by atoms with van der Waals surface area (Å²) in [7, 11) is 0.